The lowest BCUT2D eigenvalue weighted by Crippen LogP contribution is -2.46. The highest BCUT2D eigenvalue weighted by Crippen LogP contribution is 2.04. The maximum Gasteiger partial charge on any atom is 0.327 e. The van der Waals surface area contributed by atoms with Gasteiger partial charge in [0.25, 0.3) is 16.1 Å². The van der Waals surface area contributed by atoms with Crippen molar-refractivity contribution in [1.29, 1.82) is 0 Å². The van der Waals surface area contributed by atoms with E-state index in [9.17, 15) is 39.4 Å². The zero-order chi connectivity index (χ0) is 21.0. The number of carbonyl (C=O) groups excluding carboxylic acids is 3. The number of nitrogens with zero attached hydrogens (tertiary/aromatic N) is 2. The van der Waals surface area contributed by atoms with E-state index in [2.05, 4.69) is 15.0 Å². The minimum Gasteiger partial charge on any atom is -0.480 e. The Labute approximate surface area is 154 Å². The van der Waals surface area contributed by atoms with Gasteiger partial charge in [-0.15, -0.1) is 20.2 Å². The lowest BCUT2D eigenvalue weighted by molar-refractivity contribution is -0.766. The molecule has 0 aromatic carbocycles. The minimum atomic E-state index is -1.35. The molecule has 0 unspecified atom stereocenters. The highest BCUT2D eigenvalue weighted by atomic mass is 32.2. The third kappa shape index (κ3) is 11.9. The molecule has 0 fully saturated rings. The molecule has 0 rings (SSSR count). The van der Waals surface area contributed by atoms with E-state index in [1.807, 2.05) is 5.32 Å². The number of amides is 2. The second-order valence-corrected chi connectivity index (χ2v) is 5.77. The Hall–Kier alpha value is -3.17. The molecule has 27 heavy (non-hydrogen) atoms. The molecule has 0 aliphatic carbocycles. The topological polar surface area (TPSA) is 217 Å². The van der Waals surface area contributed by atoms with Gasteiger partial charge in [0.15, 0.2) is 0 Å². The average molecular weight is 412 g/mol. The van der Waals surface area contributed by atoms with Crippen LogP contribution in [0.2, 0.25) is 0 Å². The van der Waals surface area contributed by atoms with Crippen molar-refractivity contribution in [1.82, 2.24) is 10.6 Å². The summed E-state index contributed by atoms with van der Waals surface area (Å²) in [6, 6.07) is -2.62. The van der Waals surface area contributed by atoms with Gasteiger partial charge in [0.1, 0.15) is 19.3 Å². The van der Waals surface area contributed by atoms with Gasteiger partial charge in [0.05, 0.1) is 11.8 Å². The molecule has 2 amide bonds. The first-order chi connectivity index (χ1) is 12.5. The van der Waals surface area contributed by atoms with Gasteiger partial charge in [-0.3, -0.25) is 14.4 Å². The average Bonchev–Trinajstić information content (AvgIpc) is 2.55. The summed E-state index contributed by atoms with van der Waals surface area (Å²) in [6.45, 7) is -0.480. The molecule has 16 heteroatoms. The van der Waals surface area contributed by atoms with Crippen LogP contribution >= 0.6 is 11.8 Å². The van der Waals surface area contributed by atoms with Crippen LogP contribution in [0.5, 0.6) is 0 Å². The standard InChI is InChI=1S/C11H16N4O11S/c1-6(16)12-8(11(19)20)4-27-5-9(17)10(18)13-7(2-25-14(21)22)3-26-15(23)24/h7-8H,2-5H2,1H3,(H,12,16)(H,13,18)(H,19,20)/t8-/m0/s1. The van der Waals surface area contributed by atoms with E-state index in [-0.39, 0.29) is 5.75 Å². The summed E-state index contributed by atoms with van der Waals surface area (Å²) in [5, 5.41) is 30.9. The Bertz CT molecular complexity index is 581. The lowest BCUT2D eigenvalue weighted by Gasteiger charge is -2.16. The quantitative estimate of drug-likeness (QED) is 0.157. The number of carbonyl (C=O) groups is 4. The first-order valence-corrected chi connectivity index (χ1v) is 8.14. The second-order valence-electron chi connectivity index (χ2n) is 4.74. The first kappa shape index (κ1) is 23.8. The molecule has 0 aromatic heterocycles. The molecule has 1 atom stereocenters. The number of carboxylic acids is 1. The van der Waals surface area contributed by atoms with E-state index in [1.54, 1.807) is 0 Å². The zero-order valence-electron chi connectivity index (χ0n) is 13.8. The normalized spacial score (nSPS) is 11.2. The predicted octanol–water partition coefficient (Wildman–Crippen LogP) is -2.22. The van der Waals surface area contributed by atoms with Gasteiger partial charge in [-0.1, -0.05) is 0 Å². The van der Waals surface area contributed by atoms with Crippen LogP contribution in [-0.4, -0.2) is 75.6 Å². The molecule has 0 aromatic rings. The van der Waals surface area contributed by atoms with Crippen molar-refractivity contribution in [3.63, 3.8) is 0 Å². The van der Waals surface area contributed by atoms with Crippen molar-refractivity contribution < 1.29 is 44.1 Å². The molecule has 0 heterocycles. The largest absolute Gasteiger partial charge is 0.480 e. The summed E-state index contributed by atoms with van der Waals surface area (Å²) >= 11 is 0.747. The Morgan fingerprint density at radius 2 is 1.59 bits per heavy atom. The van der Waals surface area contributed by atoms with Gasteiger partial charge < -0.3 is 25.4 Å². The van der Waals surface area contributed by atoms with Crippen LogP contribution in [0.4, 0.5) is 0 Å². The third-order valence-electron chi connectivity index (χ3n) is 2.54. The molecule has 0 aliphatic rings. The summed E-state index contributed by atoms with van der Waals surface area (Å²) in [6.07, 6.45) is 0. The smallest absolute Gasteiger partial charge is 0.327 e. The highest BCUT2D eigenvalue weighted by Gasteiger charge is 2.23. The number of hydrogen-bond donors (Lipinski definition) is 3. The fourth-order valence-electron chi connectivity index (χ4n) is 1.45. The third-order valence-corrected chi connectivity index (χ3v) is 3.58. The van der Waals surface area contributed by atoms with Crippen molar-refractivity contribution in [3.05, 3.63) is 20.2 Å². The Morgan fingerprint density at radius 3 is 2.00 bits per heavy atom. The number of aliphatic carboxylic acids is 1. The van der Waals surface area contributed by atoms with Crippen molar-refractivity contribution >= 4 is 35.3 Å². The summed E-state index contributed by atoms with van der Waals surface area (Å²) in [5.74, 6) is -4.84. The van der Waals surface area contributed by atoms with Crippen LogP contribution in [0.1, 0.15) is 6.92 Å². The van der Waals surface area contributed by atoms with Crippen molar-refractivity contribution in [2.75, 3.05) is 24.7 Å². The molecular formula is C11H16N4O11S. The molecule has 0 aliphatic heterocycles. The SMILES string of the molecule is CC(=O)N[C@@H](CSCC(=O)C(=O)NC(CO[N+](=O)[O-])CO[N+](=O)[O-])C(=O)O. The van der Waals surface area contributed by atoms with Gasteiger partial charge in [-0.2, -0.15) is 11.8 Å². The van der Waals surface area contributed by atoms with Crippen molar-refractivity contribution in [2.45, 2.75) is 19.0 Å². The van der Waals surface area contributed by atoms with Crippen LogP contribution in [0.15, 0.2) is 0 Å². The predicted molar refractivity (Wildman–Crippen MR) is 85.4 cm³/mol. The zero-order valence-corrected chi connectivity index (χ0v) is 14.6. The number of Topliss-reactive ketones (excluding diaryl/α,β-unsaturated/α-hetero) is 1. The van der Waals surface area contributed by atoms with Gasteiger partial charge in [0, 0.05) is 12.7 Å². The Morgan fingerprint density at radius 1 is 1.07 bits per heavy atom. The maximum absolute atomic E-state index is 11.7. The van der Waals surface area contributed by atoms with E-state index < -0.39 is 64.8 Å². The molecule has 0 bridgehead atoms. The molecule has 0 spiro atoms. The number of rotatable bonds is 14. The van der Waals surface area contributed by atoms with Crippen LogP contribution in [-0.2, 0) is 28.9 Å². The second kappa shape index (κ2) is 12.2. The fourth-order valence-corrected chi connectivity index (χ4v) is 2.35. The molecule has 0 saturated heterocycles. The Kier molecular flexibility index (Phi) is 10.8. The highest BCUT2D eigenvalue weighted by molar-refractivity contribution is 8.00. The molecule has 15 nitrogen and oxygen atoms in total. The molecule has 3 N–H and O–H groups in total. The molecular weight excluding hydrogens is 396 g/mol. The summed E-state index contributed by atoms with van der Waals surface area (Å²) < 4.78 is 0. The van der Waals surface area contributed by atoms with E-state index in [0.29, 0.717) is 0 Å². The van der Waals surface area contributed by atoms with E-state index in [4.69, 9.17) is 5.11 Å². The van der Waals surface area contributed by atoms with Crippen molar-refractivity contribution in [3.8, 4) is 0 Å². The van der Waals surface area contributed by atoms with Gasteiger partial charge in [-0.05, 0) is 0 Å². The van der Waals surface area contributed by atoms with Crippen LogP contribution in [0.3, 0.4) is 0 Å². The van der Waals surface area contributed by atoms with Gasteiger partial charge in [-0.25, -0.2) is 4.79 Å². The number of carboxylic acid groups (broad SMARTS) is 1. The monoisotopic (exact) mass is 412 g/mol. The lowest BCUT2D eigenvalue weighted by atomic mass is 10.3. The molecule has 0 radical (unpaired) electrons. The summed E-state index contributed by atoms with van der Waals surface area (Å²) in [4.78, 5) is 73.5. The summed E-state index contributed by atoms with van der Waals surface area (Å²) in [7, 11) is 0. The van der Waals surface area contributed by atoms with Gasteiger partial charge >= 0.3 is 5.97 Å². The van der Waals surface area contributed by atoms with Crippen molar-refractivity contribution in [2.24, 2.45) is 0 Å². The maximum atomic E-state index is 11.7. The van der Waals surface area contributed by atoms with Gasteiger partial charge in [0.2, 0.25) is 11.7 Å². The van der Waals surface area contributed by atoms with Crippen LogP contribution in [0, 0.1) is 20.2 Å². The van der Waals surface area contributed by atoms with E-state index in [1.165, 1.54) is 0 Å². The fraction of sp³-hybridized carbons (Fsp3) is 0.636. The van der Waals surface area contributed by atoms with Crippen LogP contribution in [0.25, 0.3) is 0 Å². The van der Waals surface area contributed by atoms with E-state index >= 15 is 0 Å². The number of thioether (sulfide) groups is 1. The molecule has 0 saturated carbocycles. The first-order valence-electron chi connectivity index (χ1n) is 6.98. The number of hydrogen-bond acceptors (Lipinski definition) is 11. The Balaban J connectivity index is 4.53. The van der Waals surface area contributed by atoms with E-state index in [0.717, 1.165) is 18.7 Å². The number of nitrogens with one attached hydrogen (secondary N) is 2. The van der Waals surface area contributed by atoms with Crippen LogP contribution < -0.4 is 10.6 Å². The number of ketones is 1. The summed E-state index contributed by atoms with van der Waals surface area (Å²) in [5.41, 5.74) is 0. The molecule has 152 valence electrons. The minimum absolute atomic E-state index is 0.202.